The van der Waals surface area contributed by atoms with Gasteiger partial charge in [0.05, 0.1) is 16.9 Å². The predicted molar refractivity (Wildman–Crippen MR) is 102 cm³/mol. The fraction of sp³-hybridized carbons (Fsp3) is 0. The summed E-state index contributed by atoms with van der Waals surface area (Å²) in [5, 5.41) is 2.68. The maximum absolute atomic E-state index is 12.6. The molecule has 134 valence electrons. The van der Waals surface area contributed by atoms with Crippen LogP contribution in [0, 0.1) is 0 Å². The molecule has 0 bridgehead atoms. The molecule has 0 saturated carbocycles. The van der Waals surface area contributed by atoms with Gasteiger partial charge in [0.2, 0.25) is 0 Å². The van der Waals surface area contributed by atoms with Crippen LogP contribution < -0.4 is 10.0 Å². The van der Waals surface area contributed by atoms with Gasteiger partial charge in [-0.3, -0.25) is 14.3 Å². The SMILES string of the molecule is O=C(c1ccccc1)c1ccc2c(c1)NC(=O)c1ccccc1S(=O)(=O)N2. The summed E-state index contributed by atoms with van der Waals surface area (Å²) in [6.45, 7) is 0. The number of anilines is 2. The Balaban J connectivity index is 1.80. The number of hydrogen-bond acceptors (Lipinski definition) is 4. The topological polar surface area (TPSA) is 92.3 Å². The average molecular weight is 378 g/mol. The van der Waals surface area contributed by atoms with Gasteiger partial charge in [-0.15, -0.1) is 0 Å². The van der Waals surface area contributed by atoms with Gasteiger partial charge in [0.1, 0.15) is 4.90 Å². The highest BCUT2D eigenvalue weighted by Crippen LogP contribution is 2.31. The predicted octanol–water partition coefficient (Wildman–Crippen LogP) is 3.28. The zero-order valence-electron chi connectivity index (χ0n) is 14.0. The lowest BCUT2D eigenvalue weighted by Gasteiger charge is -2.19. The van der Waals surface area contributed by atoms with E-state index >= 15 is 0 Å². The van der Waals surface area contributed by atoms with Crippen LogP contribution in [0.4, 0.5) is 11.4 Å². The highest BCUT2D eigenvalue weighted by molar-refractivity contribution is 7.92. The molecule has 0 saturated heterocycles. The van der Waals surface area contributed by atoms with E-state index in [4.69, 9.17) is 0 Å². The van der Waals surface area contributed by atoms with Crippen molar-refractivity contribution in [2.24, 2.45) is 0 Å². The highest BCUT2D eigenvalue weighted by atomic mass is 32.2. The molecule has 0 fully saturated rings. The molecule has 0 unspecified atom stereocenters. The molecular weight excluding hydrogens is 364 g/mol. The Hall–Kier alpha value is -3.45. The number of sulfonamides is 1. The number of carbonyl (C=O) groups is 2. The second-order valence-corrected chi connectivity index (χ2v) is 7.66. The fourth-order valence-electron chi connectivity index (χ4n) is 2.91. The van der Waals surface area contributed by atoms with Gasteiger partial charge in [-0.1, -0.05) is 42.5 Å². The third-order valence-electron chi connectivity index (χ3n) is 4.23. The lowest BCUT2D eigenvalue weighted by atomic mass is 10.0. The molecule has 0 spiro atoms. The zero-order valence-corrected chi connectivity index (χ0v) is 14.8. The normalized spacial score (nSPS) is 14.6. The van der Waals surface area contributed by atoms with Crippen molar-refractivity contribution in [2.45, 2.75) is 4.90 Å². The molecule has 0 aliphatic carbocycles. The first-order valence-corrected chi connectivity index (χ1v) is 9.61. The van der Waals surface area contributed by atoms with Crippen molar-refractivity contribution in [3.05, 3.63) is 89.5 Å². The molecule has 2 N–H and O–H groups in total. The van der Waals surface area contributed by atoms with Crippen molar-refractivity contribution in [3.63, 3.8) is 0 Å². The van der Waals surface area contributed by atoms with Crippen molar-refractivity contribution in [2.75, 3.05) is 10.0 Å². The van der Waals surface area contributed by atoms with Crippen molar-refractivity contribution < 1.29 is 18.0 Å². The number of amides is 1. The summed E-state index contributed by atoms with van der Waals surface area (Å²) >= 11 is 0. The van der Waals surface area contributed by atoms with Crippen LogP contribution >= 0.6 is 0 Å². The van der Waals surface area contributed by atoms with E-state index in [-0.39, 0.29) is 27.6 Å². The van der Waals surface area contributed by atoms with Crippen LogP contribution in [0.5, 0.6) is 0 Å². The number of fused-ring (bicyclic) bond motifs is 2. The molecule has 1 aliphatic heterocycles. The summed E-state index contributed by atoms with van der Waals surface area (Å²) in [5.74, 6) is -0.779. The summed E-state index contributed by atoms with van der Waals surface area (Å²) in [4.78, 5) is 25.1. The van der Waals surface area contributed by atoms with E-state index in [1.165, 1.54) is 30.3 Å². The standard InChI is InChI=1S/C20H14N2O4S/c23-19(13-6-2-1-3-7-13)14-10-11-16-17(12-14)21-20(24)15-8-4-5-9-18(15)27(25,26)22-16/h1-12,22H,(H,21,24). The molecule has 0 radical (unpaired) electrons. The van der Waals surface area contributed by atoms with E-state index in [1.54, 1.807) is 36.4 Å². The summed E-state index contributed by atoms with van der Waals surface area (Å²) in [6.07, 6.45) is 0. The molecule has 1 amide bonds. The van der Waals surface area contributed by atoms with Gasteiger partial charge in [0.15, 0.2) is 5.78 Å². The Morgan fingerprint density at radius 1 is 0.778 bits per heavy atom. The van der Waals surface area contributed by atoms with Gasteiger partial charge in [-0.2, -0.15) is 0 Å². The molecule has 7 heteroatoms. The van der Waals surface area contributed by atoms with Crippen LogP contribution in [0.3, 0.4) is 0 Å². The zero-order chi connectivity index (χ0) is 19.0. The highest BCUT2D eigenvalue weighted by Gasteiger charge is 2.27. The number of ketones is 1. The Bertz CT molecular complexity index is 1170. The number of benzene rings is 3. The number of hydrogen-bond donors (Lipinski definition) is 2. The van der Waals surface area contributed by atoms with Gasteiger partial charge < -0.3 is 5.32 Å². The maximum Gasteiger partial charge on any atom is 0.262 e. The van der Waals surface area contributed by atoms with E-state index in [9.17, 15) is 18.0 Å². The van der Waals surface area contributed by atoms with Crippen LogP contribution in [0.15, 0.2) is 77.7 Å². The molecule has 27 heavy (non-hydrogen) atoms. The monoisotopic (exact) mass is 378 g/mol. The quantitative estimate of drug-likeness (QED) is 0.670. The fourth-order valence-corrected chi connectivity index (χ4v) is 4.20. The summed E-state index contributed by atoms with van der Waals surface area (Å²) in [5.41, 5.74) is 1.30. The molecule has 1 heterocycles. The van der Waals surface area contributed by atoms with Crippen LogP contribution in [0.2, 0.25) is 0 Å². The largest absolute Gasteiger partial charge is 0.320 e. The van der Waals surface area contributed by atoms with E-state index in [1.807, 2.05) is 6.07 Å². The number of nitrogens with one attached hydrogen (secondary N) is 2. The first kappa shape index (κ1) is 17.0. The van der Waals surface area contributed by atoms with E-state index in [2.05, 4.69) is 10.0 Å². The molecule has 3 aromatic carbocycles. The van der Waals surface area contributed by atoms with Gasteiger partial charge in [-0.05, 0) is 30.3 Å². The van der Waals surface area contributed by atoms with Crippen LogP contribution in [-0.4, -0.2) is 20.1 Å². The molecule has 6 nitrogen and oxygen atoms in total. The van der Waals surface area contributed by atoms with Crippen molar-refractivity contribution in [3.8, 4) is 0 Å². The van der Waals surface area contributed by atoms with Gasteiger partial charge in [-0.25, -0.2) is 8.42 Å². The summed E-state index contributed by atoms with van der Waals surface area (Å²) in [7, 11) is -3.93. The van der Waals surface area contributed by atoms with Gasteiger partial charge in [0.25, 0.3) is 15.9 Å². The molecule has 4 rings (SSSR count). The summed E-state index contributed by atoms with van der Waals surface area (Å²) < 4.78 is 27.7. The number of carbonyl (C=O) groups excluding carboxylic acids is 2. The third kappa shape index (κ3) is 3.09. The second kappa shape index (κ2) is 6.37. The van der Waals surface area contributed by atoms with E-state index in [0.29, 0.717) is 11.1 Å². The van der Waals surface area contributed by atoms with Gasteiger partial charge in [0, 0.05) is 11.1 Å². The molecule has 0 aromatic heterocycles. The van der Waals surface area contributed by atoms with Crippen molar-refractivity contribution >= 4 is 33.1 Å². The molecule has 3 aromatic rings. The smallest absolute Gasteiger partial charge is 0.262 e. The van der Waals surface area contributed by atoms with Gasteiger partial charge >= 0.3 is 0 Å². The molecule has 0 atom stereocenters. The van der Waals surface area contributed by atoms with E-state index < -0.39 is 15.9 Å². The van der Waals surface area contributed by atoms with E-state index in [0.717, 1.165) is 0 Å². The lowest BCUT2D eigenvalue weighted by molar-refractivity contribution is 0.101. The lowest BCUT2D eigenvalue weighted by Crippen LogP contribution is -2.24. The van der Waals surface area contributed by atoms with Crippen molar-refractivity contribution in [1.82, 2.24) is 0 Å². The summed E-state index contributed by atoms with van der Waals surface area (Å²) in [6, 6.07) is 19.1. The average Bonchev–Trinajstić information content (AvgIpc) is 2.68. The van der Waals surface area contributed by atoms with Crippen LogP contribution in [-0.2, 0) is 10.0 Å². The van der Waals surface area contributed by atoms with Crippen molar-refractivity contribution in [1.29, 1.82) is 0 Å². The first-order valence-electron chi connectivity index (χ1n) is 8.13. The Morgan fingerprint density at radius 3 is 2.26 bits per heavy atom. The Morgan fingerprint density at radius 2 is 1.48 bits per heavy atom. The first-order chi connectivity index (χ1) is 13.0. The third-order valence-corrected chi connectivity index (χ3v) is 5.66. The maximum atomic E-state index is 12.6. The minimum Gasteiger partial charge on any atom is -0.320 e. The molecular formula is C20H14N2O4S. The second-order valence-electron chi connectivity index (χ2n) is 6.01. The number of rotatable bonds is 2. The van der Waals surface area contributed by atoms with Crippen LogP contribution in [0.1, 0.15) is 26.3 Å². The Kier molecular flexibility index (Phi) is 4.01. The minimum atomic E-state index is -3.93. The molecule has 1 aliphatic rings. The van der Waals surface area contributed by atoms with Crippen LogP contribution in [0.25, 0.3) is 0 Å². The Labute approximate surface area is 155 Å². The minimum absolute atomic E-state index is 0.0374.